The smallest absolute Gasteiger partial charge is 0.428 e. The van der Waals surface area contributed by atoms with Crippen LogP contribution in [0.25, 0.3) is 0 Å². The van der Waals surface area contributed by atoms with Gasteiger partial charge in [-0.1, -0.05) is 27.7 Å². The lowest BCUT2D eigenvalue weighted by molar-refractivity contribution is -0.338. The molecule has 4 fully saturated rings. The van der Waals surface area contributed by atoms with E-state index >= 15 is 0 Å². The van der Waals surface area contributed by atoms with Crippen molar-refractivity contribution in [1.82, 2.24) is 10.2 Å². The number of esters is 1. The number of aliphatic hydroxyl groups is 4. The van der Waals surface area contributed by atoms with E-state index in [2.05, 4.69) is 5.32 Å². The van der Waals surface area contributed by atoms with E-state index in [4.69, 9.17) is 33.2 Å². The van der Waals surface area contributed by atoms with Crippen LogP contribution in [0, 0.1) is 17.8 Å². The van der Waals surface area contributed by atoms with Gasteiger partial charge in [-0.25, -0.2) is 0 Å². The van der Waals surface area contributed by atoms with Crippen molar-refractivity contribution in [2.24, 2.45) is 17.8 Å². The summed E-state index contributed by atoms with van der Waals surface area (Å²) in [7, 11) is 2.83. The fraction of sp³-hybridized carbons (Fsp3) is 0.975. The van der Waals surface area contributed by atoms with E-state index in [1.807, 2.05) is 13.8 Å². The third-order valence-electron chi connectivity index (χ3n) is 13.5. The topological polar surface area (TPSA) is 178 Å². The third kappa shape index (κ3) is 9.80. The van der Waals surface area contributed by atoms with E-state index in [1.54, 1.807) is 55.4 Å². The number of fused-ring (bicyclic) bond motifs is 1. The van der Waals surface area contributed by atoms with Crippen molar-refractivity contribution < 1.29 is 71.5 Å². The summed E-state index contributed by atoms with van der Waals surface area (Å²) in [5, 5.41) is 50.5. The number of aliphatic hydroxyl groups excluding tert-OH is 1. The zero-order valence-electron chi connectivity index (χ0n) is 36.0. The lowest BCUT2D eigenvalue weighted by Gasteiger charge is -2.53. The molecule has 4 heterocycles. The number of hydrogen-bond acceptors (Lipinski definition) is 14. The molecule has 0 aromatic carbocycles. The number of carbonyl (C=O) groups is 1. The van der Waals surface area contributed by atoms with E-state index in [1.165, 1.54) is 21.1 Å². The SMILES string of the molecule is CC[C@H]1OC(=O)[C@H](C)[C@@H](O[C@H]2C[C@@](C)(OC)[C@](O)(CC)[C@H](C)O2)[C@H](C)[C@@H](O[C@@H]2O[C@H](C)C[C@H]3[C@H]2OC(C(F)(F)F)N3C)[C@](C)(O)C[C@@H](C)CN[C@H](C)[C@@H](O)[C@]1(C)O. The summed E-state index contributed by atoms with van der Waals surface area (Å²) in [6, 6.07) is -1.39. The van der Waals surface area contributed by atoms with Crippen LogP contribution in [-0.4, -0.2) is 154 Å². The molecule has 57 heavy (non-hydrogen) atoms. The molecule has 0 radical (unpaired) electrons. The van der Waals surface area contributed by atoms with Gasteiger partial charge in [-0.2, -0.15) is 13.2 Å². The Morgan fingerprint density at radius 3 is 2.16 bits per heavy atom. The van der Waals surface area contributed by atoms with Crippen molar-refractivity contribution in [3.8, 4) is 0 Å². The second-order valence-electron chi connectivity index (χ2n) is 18.1. The van der Waals surface area contributed by atoms with Gasteiger partial charge in [-0.15, -0.1) is 0 Å². The molecule has 0 aromatic heterocycles. The number of hydrogen-bond donors (Lipinski definition) is 5. The number of nitrogens with zero attached hydrogens (tertiary/aromatic N) is 1. The Balaban J connectivity index is 1.83. The van der Waals surface area contributed by atoms with Crippen LogP contribution >= 0.6 is 0 Å². The molecule has 4 rings (SSSR count). The van der Waals surface area contributed by atoms with E-state index in [0.717, 1.165) is 4.90 Å². The van der Waals surface area contributed by atoms with Crippen molar-refractivity contribution in [1.29, 1.82) is 0 Å². The van der Waals surface area contributed by atoms with Crippen LogP contribution in [-0.2, 0) is 38.0 Å². The van der Waals surface area contributed by atoms with Crippen molar-refractivity contribution in [2.45, 2.75) is 210 Å². The molecule has 17 heteroatoms. The minimum absolute atomic E-state index is 0.0379. The second kappa shape index (κ2) is 18.0. The highest BCUT2D eigenvalue weighted by Gasteiger charge is 2.60. The summed E-state index contributed by atoms with van der Waals surface area (Å²) in [6.45, 7) is 18.8. The van der Waals surface area contributed by atoms with Crippen LogP contribution in [0.5, 0.6) is 0 Å². The molecule has 14 nitrogen and oxygen atoms in total. The summed E-state index contributed by atoms with van der Waals surface area (Å²) in [5.74, 6) is -3.12. The standard InChI is InChI=1S/C40H71F3N2O12/c1-14-27-38(11,49)31(46)24(7)44-19-20(3)17-36(9,48)32(57-34-30-26(16-21(4)52-34)45(12)35(56-30)40(41,42)43)22(5)29(23(6)33(47)54-27)55-28-18-37(10,51-13)39(50,15-2)25(8)53-28/h20-32,34-35,44,46,48-50H,14-19H2,1-13H3/t20-,21-,22+,23-,24-,25+,26+,27-,28+,29+,30-,31-,32-,34+,35?,36-,37-,38-,39+/m1/s1. The van der Waals surface area contributed by atoms with Crippen molar-refractivity contribution >= 4 is 5.97 Å². The van der Waals surface area contributed by atoms with Crippen LogP contribution in [0.15, 0.2) is 0 Å². The molecule has 0 spiro atoms. The van der Waals surface area contributed by atoms with Crippen molar-refractivity contribution in [3.05, 3.63) is 0 Å². The molecule has 0 saturated carbocycles. The third-order valence-corrected chi connectivity index (χ3v) is 13.5. The first-order valence-electron chi connectivity index (χ1n) is 20.6. The molecule has 334 valence electrons. The monoisotopic (exact) mass is 828 g/mol. The average molecular weight is 829 g/mol. The highest BCUT2D eigenvalue weighted by Crippen LogP contribution is 2.46. The lowest BCUT2D eigenvalue weighted by atomic mass is 9.74. The minimum Gasteiger partial charge on any atom is -0.459 e. The number of alkyl halides is 3. The number of likely N-dealkylation sites (N-methyl/N-ethyl adjacent to an activating group) is 1. The number of carbonyl (C=O) groups excluding carboxylic acids is 1. The van der Waals surface area contributed by atoms with Gasteiger partial charge in [0.15, 0.2) is 12.6 Å². The van der Waals surface area contributed by atoms with Crippen LogP contribution in [0.2, 0.25) is 0 Å². The Bertz CT molecular complexity index is 1340. The molecule has 4 aliphatic rings. The van der Waals surface area contributed by atoms with Gasteiger partial charge in [0.1, 0.15) is 35.1 Å². The Morgan fingerprint density at radius 2 is 1.60 bits per heavy atom. The number of methoxy groups -OCH3 is 1. The molecule has 0 aliphatic carbocycles. The lowest BCUT2D eigenvalue weighted by Crippen LogP contribution is -2.66. The zero-order valence-corrected chi connectivity index (χ0v) is 36.0. The summed E-state index contributed by atoms with van der Waals surface area (Å²) in [4.78, 5) is 15.4. The Hall–Kier alpha value is -1.22. The van der Waals surface area contributed by atoms with E-state index in [-0.39, 0.29) is 38.1 Å². The maximum absolute atomic E-state index is 14.3. The summed E-state index contributed by atoms with van der Waals surface area (Å²) < 4.78 is 85.9. The molecule has 0 bridgehead atoms. The number of rotatable bonds is 7. The van der Waals surface area contributed by atoms with Crippen molar-refractivity contribution in [3.63, 3.8) is 0 Å². The Kier molecular flexibility index (Phi) is 15.3. The number of cyclic esters (lactones) is 1. The molecular formula is C40H71F3N2O12. The van der Waals surface area contributed by atoms with Gasteiger partial charge in [-0.3, -0.25) is 9.69 Å². The molecule has 4 saturated heterocycles. The molecule has 5 N–H and O–H groups in total. The van der Waals surface area contributed by atoms with Crippen LogP contribution in [0.1, 0.15) is 108 Å². The number of nitrogens with one attached hydrogen (secondary N) is 1. The van der Waals surface area contributed by atoms with Gasteiger partial charge in [0, 0.05) is 31.5 Å². The maximum atomic E-state index is 14.3. The second-order valence-corrected chi connectivity index (χ2v) is 18.1. The molecular weight excluding hydrogens is 757 g/mol. The summed E-state index contributed by atoms with van der Waals surface area (Å²) >= 11 is 0. The normalized spacial score (nSPS) is 50.1. The minimum atomic E-state index is -4.69. The Morgan fingerprint density at radius 1 is 0.965 bits per heavy atom. The van der Waals surface area contributed by atoms with Gasteiger partial charge in [0.05, 0.1) is 35.9 Å². The first-order chi connectivity index (χ1) is 26.2. The van der Waals surface area contributed by atoms with Crippen molar-refractivity contribution in [2.75, 3.05) is 20.7 Å². The average Bonchev–Trinajstić information content (AvgIpc) is 3.47. The van der Waals surface area contributed by atoms with Crippen LogP contribution in [0.3, 0.4) is 0 Å². The molecule has 0 amide bonds. The molecule has 0 aromatic rings. The summed E-state index contributed by atoms with van der Waals surface area (Å²) in [5.41, 5.74) is -6.16. The zero-order chi connectivity index (χ0) is 43.2. The van der Waals surface area contributed by atoms with Gasteiger partial charge in [0.2, 0.25) is 6.23 Å². The highest BCUT2D eigenvalue weighted by atomic mass is 19.4. The predicted molar refractivity (Wildman–Crippen MR) is 202 cm³/mol. The summed E-state index contributed by atoms with van der Waals surface area (Å²) in [6.07, 6.45) is -15.9. The fourth-order valence-corrected chi connectivity index (χ4v) is 9.83. The largest absolute Gasteiger partial charge is 0.459 e. The quantitative estimate of drug-likeness (QED) is 0.235. The van der Waals surface area contributed by atoms with Gasteiger partial charge < -0.3 is 58.9 Å². The number of halogens is 3. The molecule has 4 aliphatic heterocycles. The first kappa shape index (κ1) is 48.4. The maximum Gasteiger partial charge on any atom is 0.428 e. The fourth-order valence-electron chi connectivity index (χ4n) is 9.83. The Labute approximate surface area is 336 Å². The molecule has 19 atom stereocenters. The van der Waals surface area contributed by atoms with Gasteiger partial charge in [0.25, 0.3) is 0 Å². The number of ether oxygens (including phenoxy) is 7. The predicted octanol–water partition coefficient (Wildman–Crippen LogP) is 3.64. The van der Waals surface area contributed by atoms with E-state index in [9.17, 15) is 38.4 Å². The van der Waals surface area contributed by atoms with Crippen LogP contribution < -0.4 is 5.32 Å². The van der Waals surface area contributed by atoms with Gasteiger partial charge in [-0.05, 0) is 93.7 Å². The highest BCUT2D eigenvalue weighted by molar-refractivity contribution is 5.73. The van der Waals surface area contributed by atoms with E-state index in [0.29, 0.717) is 6.42 Å². The molecule has 1 unspecified atom stereocenters. The van der Waals surface area contributed by atoms with E-state index < -0.39 is 120 Å². The van der Waals surface area contributed by atoms with Gasteiger partial charge >= 0.3 is 12.1 Å². The first-order valence-corrected chi connectivity index (χ1v) is 20.6. The van der Waals surface area contributed by atoms with Crippen LogP contribution in [0.4, 0.5) is 13.2 Å².